The van der Waals surface area contributed by atoms with Gasteiger partial charge in [-0.15, -0.1) is 0 Å². The topological polar surface area (TPSA) is 96.3 Å². The van der Waals surface area contributed by atoms with Crippen LogP contribution in [0.5, 0.6) is 0 Å². The monoisotopic (exact) mass is 395 g/mol. The van der Waals surface area contributed by atoms with Gasteiger partial charge in [0.1, 0.15) is 0 Å². The molecule has 4 rings (SSSR count). The number of carbonyl (C=O) groups is 3. The van der Waals surface area contributed by atoms with Crippen LogP contribution in [0.15, 0.2) is 43.0 Å². The van der Waals surface area contributed by atoms with Gasteiger partial charge in [0.15, 0.2) is 0 Å². The van der Waals surface area contributed by atoms with E-state index < -0.39 is 5.41 Å². The lowest BCUT2D eigenvalue weighted by atomic mass is 9.87. The SMILES string of the molecule is CC1(C(=O)N2CCC(NC(=O)c3cncc(-n4cccc4)c3)CC2)CNC(=O)C1. The Bertz CT molecular complexity index is 918. The first-order chi connectivity index (χ1) is 13.9. The summed E-state index contributed by atoms with van der Waals surface area (Å²) in [7, 11) is 0. The maximum absolute atomic E-state index is 12.8. The lowest BCUT2D eigenvalue weighted by Gasteiger charge is -2.36. The number of aromatic nitrogens is 2. The highest BCUT2D eigenvalue weighted by atomic mass is 16.2. The van der Waals surface area contributed by atoms with Gasteiger partial charge in [0.05, 0.1) is 22.9 Å². The third-order valence-corrected chi connectivity index (χ3v) is 5.75. The maximum Gasteiger partial charge on any atom is 0.253 e. The molecule has 0 radical (unpaired) electrons. The normalized spacial score (nSPS) is 22.4. The summed E-state index contributed by atoms with van der Waals surface area (Å²) >= 11 is 0. The van der Waals surface area contributed by atoms with Crippen LogP contribution in [-0.2, 0) is 9.59 Å². The Morgan fingerprint density at radius 2 is 1.93 bits per heavy atom. The second-order valence-corrected chi connectivity index (χ2v) is 8.08. The molecule has 8 nitrogen and oxygen atoms in total. The minimum absolute atomic E-state index is 0.0120. The van der Waals surface area contributed by atoms with Gasteiger partial charge in [-0.2, -0.15) is 0 Å². The van der Waals surface area contributed by atoms with Gasteiger partial charge in [0.25, 0.3) is 5.91 Å². The van der Waals surface area contributed by atoms with Gasteiger partial charge in [-0.05, 0) is 38.0 Å². The standard InChI is InChI=1S/C21H25N5O3/c1-21(11-18(27)23-14-21)20(29)26-8-4-16(5-9-26)24-19(28)15-10-17(13-22-12-15)25-6-2-3-7-25/h2-3,6-7,10,12-13,16H,4-5,8-9,11,14H2,1H3,(H,23,27)(H,24,28). The molecule has 0 saturated carbocycles. The molecule has 2 N–H and O–H groups in total. The molecule has 2 aliphatic rings. The van der Waals surface area contributed by atoms with Crippen molar-refractivity contribution in [2.45, 2.75) is 32.2 Å². The van der Waals surface area contributed by atoms with Gasteiger partial charge < -0.3 is 20.1 Å². The van der Waals surface area contributed by atoms with Crippen LogP contribution in [0.2, 0.25) is 0 Å². The predicted molar refractivity (Wildman–Crippen MR) is 106 cm³/mol. The van der Waals surface area contributed by atoms with Crippen LogP contribution >= 0.6 is 0 Å². The molecule has 8 heteroatoms. The molecule has 4 heterocycles. The number of hydrogen-bond donors (Lipinski definition) is 2. The van der Waals surface area contributed by atoms with Gasteiger partial charge in [-0.3, -0.25) is 19.4 Å². The van der Waals surface area contributed by atoms with E-state index in [2.05, 4.69) is 15.6 Å². The molecule has 0 bridgehead atoms. The molecule has 2 aliphatic heterocycles. The fourth-order valence-electron chi connectivity index (χ4n) is 4.00. The summed E-state index contributed by atoms with van der Waals surface area (Å²) in [6.07, 6.45) is 8.71. The molecule has 2 saturated heterocycles. The van der Waals surface area contributed by atoms with Crippen molar-refractivity contribution in [3.05, 3.63) is 48.5 Å². The Balaban J connectivity index is 1.33. The van der Waals surface area contributed by atoms with E-state index in [-0.39, 0.29) is 30.2 Å². The third kappa shape index (κ3) is 4.01. The number of rotatable bonds is 4. The first-order valence-corrected chi connectivity index (χ1v) is 9.90. The van der Waals surface area contributed by atoms with Crippen LogP contribution in [-0.4, -0.2) is 57.8 Å². The Labute approximate surface area is 169 Å². The molecule has 152 valence electrons. The Morgan fingerprint density at radius 1 is 1.21 bits per heavy atom. The van der Waals surface area contributed by atoms with Crippen molar-refractivity contribution in [1.82, 2.24) is 25.1 Å². The lowest BCUT2D eigenvalue weighted by molar-refractivity contribution is -0.142. The van der Waals surface area contributed by atoms with Crippen molar-refractivity contribution >= 4 is 17.7 Å². The van der Waals surface area contributed by atoms with E-state index in [0.717, 1.165) is 5.69 Å². The third-order valence-electron chi connectivity index (χ3n) is 5.75. The predicted octanol–water partition coefficient (Wildman–Crippen LogP) is 1.12. The van der Waals surface area contributed by atoms with E-state index in [0.29, 0.717) is 38.0 Å². The molecule has 0 aliphatic carbocycles. The molecule has 0 spiro atoms. The number of amides is 3. The van der Waals surface area contributed by atoms with E-state index in [1.165, 1.54) is 0 Å². The van der Waals surface area contributed by atoms with Crippen LogP contribution in [0.4, 0.5) is 0 Å². The van der Waals surface area contributed by atoms with E-state index in [9.17, 15) is 14.4 Å². The second-order valence-electron chi connectivity index (χ2n) is 8.08. The summed E-state index contributed by atoms with van der Waals surface area (Å²) in [5, 5.41) is 5.81. The summed E-state index contributed by atoms with van der Waals surface area (Å²) in [5.74, 6) is -0.211. The number of hydrogen-bond acceptors (Lipinski definition) is 4. The smallest absolute Gasteiger partial charge is 0.253 e. The average molecular weight is 395 g/mol. The number of nitrogens with one attached hydrogen (secondary N) is 2. The fraction of sp³-hybridized carbons (Fsp3) is 0.429. The van der Waals surface area contributed by atoms with Crippen molar-refractivity contribution in [2.24, 2.45) is 5.41 Å². The molecular formula is C21H25N5O3. The van der Waals surface area contributed by atoms with Crippen molar-refractivity contribution in [3.8, 4) is 5.69 Å². The highest BCUT2D eigenvalue weighted by Gasteiger charge is 2.43. The van der Waals surface area contributed by atoms with Crippen molar-refractivity contribution in [2.75, 3.05) is 19.6 Å². The van der Waals surface area contributed by atoms with Crippen molar-refractivity contribution in [3.63, 3.8) is 0 Å². The summed E-state index contributed by atoms with van der Waals surface area (Å²) in [6, 6.07) is 5.66. The number of nitrogens with zero attached hydrogens (tertiary/aromatic N) is 3. The first kappa shape index (κ1) is 19.2. The Kier molecular flexibility index (Phi) is 5.08. The summed E-state index contributed by atoms with van der Waals surface area (Å²) in [6.45, 7) is 3.39. The zero-order valence-corrected chi connectivity index (χ0v) is 16.4. The molecule has 2 aromatic rings. The number of carbonyl (C=O) groups excluding carboxylic acids is 3. The summed E-state index contributed by atoms with van der Waals surface area (Å²) < 4.78 is 1.90. The highest BCUT2D eigenvalue weighted by molar-refractivity contribution is 5.94. The van der Waals surface area contributed by atoms with E-state index in [1.807, 2.05) is 47.0 Å². The van der Waals surface area contributed by atoms with Crippen molar-refractivity contribution < 1.29 is 14.4 Å². The van der Waals surface area contributed by atoms with Crippen LogP contribution in [0.25, 0.3) is 5.69 Å². The molecule has 1 unspecified atom stereocenters. The molecule has 3 amide bonds. The van der Waals surface area contributed by atoms with Gasteiger partial charge >= 0.3 is 0 Å². The molecule has 2 fully saturated rings. The van der Waals surface area contributed by atoms with Crippen LogP contribution < -0.4 is 10.6 Å². The first-order valence-electron chi connectivity index (χ1n) is 9.90. The molecule has 29 heavy (non-hydrogen) atoms. The van der Waals surface area contributed by atoms with E-state index in [4.69, 9.17) is 0 Å². The molecule has 0 aromatic carbocycles. The zero-order valence-electron chi connectivity index (χ0n) is 16.4. The van der Waals surface area contributed by atoms with E-state index in [1.54, 1.807) is 12.4 Å². The molecular weight excluding hydrogens is 370 g/mol. The number of pyridine rings is 1. The van der Waals surface area contributed by atoms with Crippen LogP contribution in [0, 0.1) is 5.41 Å². The quantitative estimate of drug-likeness (QED) is 0.811. The maximum atomic E-state index is 12.8. The Hall–Kier alpha value is -3.16. The lowest BCUT2D eigenvalue weighted by Crippen LogP contribution is -2.50. The molecule has 2 aromatic heterocycles. The minimum Gasteiger partial charge on any atom is -0.355 e. The van der Waals surface area contributed by atoms with Crippen LogP contribution in [0.1, 0.15) is 36.5 Å². The van der Waals surface area contributed by atoms with Gasteiger partial charge in [0.2, 0.25) is 11.8 Å². The molecule has 1 atom stereocenters. The van der Waals surface area contributed by atoms with Gasteiger partial charge in [0, 0.05) is 50.7 Å². The van der Waals surface area contributed by atoms with Gasteiger partial charge in [-0.1, -0.05) is 0 Å². The highest BCUT2D eigenvalue weighted by Crippen LogP contribution is 2.29. The summed E-state index contributed by atoms with van der Waals surface area (Å²) in [5.41, 5.74) is 0.686. The van der Waals surface area contributed by atoms with Crippen molar-refractivity contribution in [1.29, 1.82) is 0 Å². The average Bonchev–Trinajstić information content (AvgIpc) is 3.39. The largest absolute Gasteiger partial charge is 0.355 e. The van der Waals surface area contributed by atoms with Gasteiger partial charge in [-0.25, -0.2) is 0 Å². The Morgan fingerprint density at radius 3 is 2.59 bits per heavy atom. The van der Waals surface area contributed by atoms with Crippen LogP contribution in [0.3, 0.4) is 0 Å². The minimum atomic E-state index is -0.655. The van der Waals surface area contributed by atoms with E-state index >= 15 is 0 Å². The second kappa shape index (κ2) is 7.69. The number of likely N-dealkylation sites (tertiary alicyclic amines) is 1. The zero-order chi connectivity index (χ0) is 20.4. The summed E-state index contributed by atoms with van der Waals surface area (Å²) in [4.78, 5) is 43.0. The fourth-order valence-corrected chi connectivity index (χ4v) is 4.00. The number of piperidine rings is 1.